The van der Waals surface area contributed by atoms with Crippen LogP contribution in [0.5, 0.6) is 0 Å². The molecule has 1 rings (SSSR count). The first-order valence-corrected chi connectivity index (χ1v) is 12.4. The maximum Gasteiger partial charge on any atom is 0.331 e. The van der Waals surface area contributed by atoms with E-state index in [1.807, 2.05) is 34.6 Å². The number of hydrogen-bond donors (Lipinski definition) is 2. The van der Waals surface area contributed by atoms with Crippen LogP contribution in [0.1, 0.15) is 81.6 Å². The molecule has 0 saturated carbocycles. The van der Waals surface area contributed by atoms with Crippen LogP contribution in [0.4, 0.5) is 0 Å². The molecule has 0 bridgehead atoms. The van der Waals surface area contributed by atoms with Crippen molar-refractivity contribution in [1.29, 1.82) is 0 Å². The number of carboxylic acids is 1. The first kappa shape index (κ1) is 29.1. The molecule has 0 aromatic rings. The van der Waals surface area contributed by atoms with Crippen LogP contribution in [0.15, 0.2) is 11.6 Å². The number of piperidine rings is 1. The van der Waals surface area contributed by atoms with Crippen LogP contribution >= 0.6 is 0 Å². The fraction of sp³-hybridized carbons (Fsp3) is 0.808. The summed E-state index contributed by atoms with van der Waals surface area (Å²) in [5.74, 6) is -0.691. The molecule has 7 nitrogen and oxygen atoms in total. The van der Waals surface area contributed by atoms with E-state index in [1.165, 1.54) is 6.92 Å². The van der Waals surface area contributed by atoms with Gasteiger partial charge in [0.05, 0.1) is 12.1 Å². The lowest BCUT2D eigenvalue weighted by molar-refractivity contribution is -0.142. The van der Waals surface area contributed by atoms with Crippen LogP contribution < -0.4 is 5.32 Å². The van der Waals surface area contributed by atoms with Crippen molar-refractivity contribution in [2.45, 2.75) is 106 Å². The van der Waals surface area contributed by atoms with Gasteiger partial charge in [0.1, 0.15) is 6.04 Å². The molecule has 7 heteroatoms. The summed E-state index contributed by atoms with van der Waals surface area (Å²) in [5, 5.41) is 12.4. The lowest BCUT2D eigenvalue weighted by atomic mass is 9.84. The minimum atomic E-state index is -1.00. The van der Waals surface area contributed by atoms with Gasteiger partial charge in [-0.2, -0.15) is 0 Å². The third kappa shape index (κ3) is 7.83. The Balaban J connectivity index is 3.17. The van der Waals surface area contributed by atoms with E-state index in [1.54, 1.807) is 18.0 Å². The largest absolute Gasteiger partial charge is 0.478 e. The standard InChI is InChI=1S/C26H47N3O4/c1-11-19-12-13-20(29(15-19)17(4)5)23(30)27-22(26(7,8)9)24(31)28(10)21(16(2)3)14-18(6)25(32)33/h14,16-17,19-22H,11-13,15H2,1-10H3,(H,27,30)(H,32,33)/t19-,20?,21-,22-/m1/s1. The van der Waals surface area contributed by atoms with E-state index in [0.717, 1.165) is 25.8 Å². The van der Waals surface area contributed by atoms with Crippen LogP contribution in [0, 0.1) is 17.3 Å². The zero-order valence-electron chi connectivity index (χ0n) is 22.4. The van der Waals surface area contributed by atoms with E-state index in [0.29, 0.717) is 5.92 Å². The smallest absolute Gasteiger partial charge is 0.331 e. The first-order chi connectivity index (χ1) is 15.1. The van der Waals surface area contributed by atoms with Gasteiger partial charge in [-0.05, 0) is 50.9 Å². The second kappa shape index (κ2) is 12.0. The average molecular weight is 466 g/mol. The monoisotopic (exact) mass is 465 g/mol. The Hall–Kier alpha value is -1.89. The van der Waals surface area contributed by atoms with Gasteiger partial charge in [-0.1, -0.05) is 54.0 Å². The normalized spacial score (nSPS) is 22.2. The quantitative estimate of drug-likeness (QED) is 0.504. The molecule has 0 radical (unpaired) electrons. The number of rotatable bonds is 9. The van der Waals surface area contributed by atoms with Crippen LogP contribution in [-0.2, 0) is 14.4 Å². The number of hydrogen-bond acceptors (Lipinski definition) is 4. The van der Waals surface area contributed by atoms with Crippen molar-refractivity contribution < 1.29 is 19.5 Å². The molecule has 0 aromatic carbocycles. The predicted octanol–water partition coefficient (Wildman–Crippen LogP) is 3.93. The highest BCUT2D eigenvalue weighted by molar-refractivity contribution is 5.91. The summed E-state index contributed by atoms with van der Waals surface area (Å²) >= 11 is 0. The van der Waals surface area contributed by atoms with E-state index in [9.17, 15) is 19.5 Å². The Labute approximate surface area is 201 Å². The molecule has 1 heterocycles. The van der Waals surface area contributed by atoms with Gasteiger partial charge in [0.15, 0.2) is 0 Å². The Morgan fingerprint density at radius 1 is 1.15 bits per heavy atom. The molecule has 1 aliphatic rings. The van der Waals surface area contributed by atoms with E-state index in [4.69, 9.17) is 0 Å². The molecule has 1 unspecified atom stereocenters. The second-order valence-electron chi connectivity index (χ2n) is 11.3. The van der Waals surface area contributed by atoms with Gasteiger partial charge in [-0.3, -0.25) is 14.5 Å². The molecular formula is C26H47N3O4. The van der Waals surface area contributed by atoms with Crippen LogP contribution in [0.2, 0.25) is 0 Å². The van der Waals surface area contributed by atoms with Crippen molar-refractivity contribution in [2.24, 2.45) is 17.3 Å². The SMILES string of the molecule is CC[C@@H]1CCC(C(=O)N[C@H](C(=O)N(C)[C@H](C=C(C)C(=O)O)C(C)C)C(C)(C)C)N(C(C)C)C1. The predicted molar refractivity (Wildman–Crippen MR) is 133 cm³/mol. The van der Waals surface area contributed by atoms with Gasteiger partial charge in [0.25, 0.3) is 0 Å². The highest BCUT2D eigenvalue weighted by atomic mass is 16.4. The number of carboxylic acid groups (broad SMARTS) is 1. The number of likely N-dealkylation sites (N-methyl/N-ethyl adjacent to an activating group) is 1. The second-order valence-corrected chi connectivity index (χ2v) is 11.3. The maximum absolute atomic E-state index is 13.6. The van der Waals surface area contributed by atoms with Gasteiger partial charge in [-0.15, -0.1) is 0 Å². The van der Waals surface area contributed by atoms with Crippen molar-refractivity contribution in [1.82, 2.24) is 15.1 Å². The molecule has 1 fully saturated rings. The van der Waals surface area contributed by atoms with Crippen LogP contribution in [0.3, 0.4) is 0 Å². The Kier molecular flexibility index (Phi) is 10.6. The zero-order valence-corrected chi connectivity index (χ0v) is 22.4. The maximum atomic E-state index is 13.6. The van der Waals surface area contributed by atoms with E-state index < -0.39 is 17.4 Å². The molecule has 1 aliphatic heterocycles. The van der Waals surface area contributed by atoms with Crippen molar-refractivity contribution >= 4 is 17.8 Å². The molecular weight excluding hydrogens is 418 g/mol. The molecule has 33 heavy (non-hydrogen) atoms. The van der Waals surface area contributed by atoms with Gasteiger partial charge in [0.2, 0.25) is 11.8 Å². The van der Waals surface area contributed by atoms with Crippen molar-refractivity contribution in [3.05, 3.63) is 11.6 Å². The third-order valence-electron chi connectivity index (χ3n) is 6.90. The molecule has 0 aliphatic carbocycles. The Morgan fingerprint density at radius 2 is 1.73 bits per heavy atom. The van der Waals surface area contributed by atoms with Crippen LogP contribution in [-0.4, -0.2) is 70.4 Å². The van der Waals surface area contributed by atoms with Gasteiger partial charge in [-0.25, -0.2) is 4.79 Å². The number of nitrogens with zero attached hydrogens (tertiary/aromatic N) is 2. The highest BCUT2D eigenvalue weighted by Crippen LogP contribution is 2.28. The van der Waals surface area contributed by atoms with Crippen LogP contribution in [0.25, 0.3) is 0 Å². The number of nitrogens with one attached hydrogen (secondary N) is 1. The Morgan fingerprint density at radius 3 is 2.15 bits per heavy atom. The summed E-state index contributed by atoms with van der Waals surface area (Å²) in [4.78, 5) is 42.3. The fourth-order valence-corrected chi connectivity index (χ4v) is 4.58. The van der Waals surface area contributed by atoms with E-state index in [-0.39, 0.29) is 41.4 Å². The van der Waals surface area contributed by atoms with Gasteiger partial charge >= 0.3 is 5.97 Å². The molecule has 0 aromatic heterocycles. The molecule has 4 atom stereocenters. The fourth-order valence-electron chi connectivity index (χ4n) is 4.58. The minimum absolute atomic E-state index is 0.0188. The summed E-state index contributed by atoms with van der Waals surface area (Å²) in [6, 6.07) is -1.10. The third-order valence-corrected chi connectivity index (χ3v) is 6.90. The van der Waals surface area contributed by atoms with E-state index in [2.05, 4.69) is 31.0 Å². The van der Waals surface area contributed by atoms with E-state index >= 15 is 0 Å². The summed E-state index contributed by atoms with van der Waals surface area (Å²) < 4.78 is 0. The minimum Gasteiger partial charge on any atom is -0.478 e. The molecule has 1 saturated heterocycles. The highest BCUT2D eigenvalue weighted by Gasteiger charge is 2.40. The number of carbonyl (C=O) groups excluding carboxylic acids is 2. The van der Waals surface area contributed by atoms with Crippen molar-refractivity contribution in [3.8, 4) is 0 Å². The number of amides is 2. The summed E-state index contributed by atoms with van der Waals surface area (Å²) in [6.07, 6.45) is 4.53. The van der Waals surface area contributed by atoms with Crippen molar-refractivity contribution in [2.75, 3.05) is 13.6 Å². The number of carbonyl (C=O) groups is 3. The first-order valence-electron chi connectivity index (χ1n) is 12.4. The molecule has 0 spiro atoms. The molecule has 2 N–H and O–H groups in total. The van der Waals surface area contributed by atoms with Gasteiger partial charge < -0.3 is 15.3 Å². The summed E-state index contributed by atoms with van der Waals surface area (Å²) in [6.45, 7) is 18.6. The zero-order chi connectivity index (χ0) is 25.7. The van der Waals surface area contributed by atoms with Gasteiger partial charge in [0, 0.05) is 25.2 Å². The number of likely N-dealkylation sites (tertiary alicyclic amines) is 1. The van der Waals surface area contributed by atoms with Crippen molar-refractivity contribution in [3.63, 3.8) is 0 Å². The summed E-state index contributed by atoms with van der Waals surface area (Å²) in [5.41, 5.74) is -0.304. The number of aliphatic carboxylic acids is 1. The Bertz CT molecular complexity index is 724. The molecule has 2 amide bonds. The lowest BCUT2D eigenvalue weighted by Crippen LogP contribution is -2.61. The summed E-state index contributed by atoms with van der Waals surface area (Å²) in [7, 11) is 1.69. The molecule has 190 valence electrons. The lowest BCUT2D eigenvalue weighted by Gasteiger charge is -2.43. The topological polar surface area (TPSA) is 90.0 Å². The average Bonchev–Trinajstić information content (AvgIpc) is 2.72.